The summed E-state index contributed by atoms with van der Waals surface area (Å²) in [7, 11) is 0. The largest absolute Gasteiger partial charge is 0.276 e. The van der Waals surface area contributed by atoms with Crippen LogP contribution >= 0.6 is 11.6 Å². The number of allylic oxidation sites excluding steroid dienone is 3. The van der Waals surface area contributed by atoms with Gasteiger partial charge < -0.3 is 0 Å². The standard InChI is InChI=1S/C17H13ClO/c18-17(19)12-11-16(15-9-5-2-6-10-15)13-14-7-3-1-4-8-14/h1-13H. The Morgan fingerprint density at radius 1 is 0.842 bits per heavy atom. The van der Waals surface area contributed by atoms with E-state index in [4.69, 9.17) is 11.6 Å². The van der Waals surface area contributed by atoms with Gasteiger partial charge in [0.05, 0.1) is 0 Å². The van der Waals surface area contributed by atoms with E-state index in [1.165, 1.54) is 6.08 Å². The molecule has 0 unspecified atom stereocenters. The van der Waals surface area contributed by atoms with Gasteiger partial charge in [-0.2, -0.15) is 0 Å². The van der Waals surface area contributed by atoms with Crippen LogP contribution in [0.2, 0.25) is 0 Å². The molecule has 2 aromatic rings. The normalized spacial score (nSPS) is 11.7. The Morgan fingerprint density at radius 2 is 1.42 bits per heavy atom. The van der Waals surface area contributed by atoms with Gasteiger partial charge in [0.25, 0.3) is 0 Å². The van der Waals surface area contributed by atoms with Crippen molar-refractivity contribution in [2.75, 3.05) is 0 Å². The molecule has 0 atom stereocenters. The molecule has 2 heteroatoms. The maximum Gasteiger partial charge on any atom is 0.245 e. The van der Waals surface area contributed by atoms with E-state index in [9.17, 15) is 4.79 Å². The number of benzene rings is 2. The highest BCUT2D eigenvalue weighted by atomic mass is 35.5. The van der Waals surface area contributed by atoms with Gasteiger partial charge in [0.1, 0.15) is 0 Å². The third-order valence-corrected chi connectivity index (χ3v) is 2.75. The van der Waals surface area contributed by atoms with E-state index >= 15 is 0 Å². The van der Waals surface area contributed by atoms with E-state index in [-0.39, 0.29) is 0 Å². The second-order valence-electron chi connectivity index (χ2n) is 4.01. The molecule has 2 rings (SSSR count). The van der Waals surface area contributed by atoms with Gasteiger partial charge in [-0.15, -0.1) is 0 Å². The average molecular weight is 269 g/mol. The molecule has 0 spiro atoms. The highest BCUT2D eigenvalue weighted by Gasteiger charge is 1.98. The molecule has 94 valence electrons. The molecule has 0 N–H and O–H groups in total. The summed E-state index contributed by atoms with van der Waals surface area (Å²) in [6.07, 6.45) is 5.12. The highest BCUT2D eigenvalue weighted by Crippen LogP contribution is 2.19. The molecule has 0 aliphatic carbocycles. The summed E-state index contributed by atoms with van der Waals surface area (Å²) in [5.74, 6) is 0. The van der Waals surface area contributed by atoms with Crippen LogP contribution in [0.15, 0.2) is 72.8 Å². The monoisotopic (exact) mass is 268 g/mol. The molecule has 19 heavy (non-hydrogen) atoms. The van der Waals surface area contributed by atoms with Gasteiger partial charge in [0.15, 0.2) is 0 Å². The smallest absolute Gasteiger partial charge is 0.245 e. The van der Waals surface area contributed by atoms with E-state index in [2.05, 4.69) is 0 Å². The lowest BCUT2D eigenvalue weighted by Crippen LogP contribution is -1.83. The SMILES string of the molecule is O=C(Cl)C=CC(=Cc1ccccc1)c1ccccc1. The molecule has 0 aliphatic rings. The first-order valence-corrected chi connectivity index (χ1v) is 6.33. The van der Waals surface area contributed by atoms with Gasteiger partial charge in [-0.1, -0.05) is 60.7 Å². The maximum absolute atomic E-state index is 10.9. The first kappa shape index (κ1) is 13.3. The lowest BCUT2D eigenvalue weighted by atomic mass is 10.0. The summed E-state index contributed by atoms with van der Waals surface area (Å²) in [5.41, 5.74) is 3.06. The minimum Gasteiger partial charge on any atom is -0.276 e. The van der Waals surface area contributed by atoms with Crippen molar-refractivity contribution in [2.45, 2.75) is 0 Å². The second kappa shape index (κ2) is 6.72. The first-order chi connectivity index (χ1) is 9.25. The molecule has 0 fully saturated rings. The van der Waals surface area contributed by atoms with Gasteiger partial charge in [0, 0.05) is 0 Å². The van der Waals surface area contributed by atoms with Gasteiger partial charge in [-0.25, -0.2) is 0 Å². The van der Waals surface area contributed by atoms with E-state index in [1.54, 1.807) is 6.08 Å². The molecular weight excluding hydrogens is 256 g/mol. The van der Waals surface area contributed by atoms with Crippen LogP contribution in [0, 0.1) is 0 Å². The number of hydrogen-bond donors (Lipinski definition) is 0. The molecule has 0 radical (unpaired) electrons. The molecule has 0 aromatic heterocycles. The summed E-state index contributed by atoms with van der Waals surface area (Å²) in [6.45, 7) is 0. The van der Waals surface area contributed by atoms with Gasteiger partial charge in [-0.3, -0.25) is 4.79 Å². The van der Waals surface area contributed by atoms with Gasteiger partial charge >= 0.3 is 0 Å². The molecule has 0 bridgehead atoms. The summed E-state index contributed by atoms with van der Waals surface area (Å²) in [6, 6.07) is 19.8. The number of carbonyl (C=O) groups is 1. The van der Waals surface area contributed by atoms with E-state index in [0.717, 1.165) is 16.7 Å². The highest BCUT2D eigenvalue weighted by molar-refractivity contribution is 6.66. The Labute approximate surface area is 117 Å². The van der Waals surface area contributed by atoms with Crippen molar-refractivity contribution >= 4 is 28.5 Å². The number of halogens is 1. The molecule has 0 aliphatic heterocycles. The number of rotatable bonds is 4. The lowest BCUT2D eigenvalue weighted by molar-refractivity contribution is -0.107. The lowest BCUT2D eigenvalue weighted by Gasteiger charge is -2.03. The zero-order chi connectivity index (χ0) is 13.5. The fourth-order valence-corrected chi connectivity index (χ4v) is 1.81. The fourth-order valence-electron chi connectivity index (χ4n) is 1.74. The van der Waals surface area contributed by atoms with Crippen LogP contribution < -0.4 is 0 Å². The summed E-state index contributed by atoms with van der Waals surface area (Å²) in [5, 5.41) is -0.477. The Morgan fingerprint density at radius 3 is 2.00 bits per heavy atom. The fraction of sp³-hybridized carbons (Fsp3) is 0. The average Bonchev–Trinajstić information content (AvgIpc) is 2.45. The Balaban J connectivity index is 2.40. The minimum atomic E-state index is -0.477. The minimum absolute atomic E-state index is 0.477. The predicted molar refractivity (Wildman–Crippen MR) is 80.8 cm³/mol. The van der Waals surface area contributed by atoms with Crippen molar-refractivity contribution in [1.29, 1.82) is 0 Å². The van der Waals surface area contributed by atoms with E-state index < -0.39 is 5.24 Å². The topological polar surface area (TPSA) is 17.1 Å². The Bertz CT molecular complexity index is 598. The van der Waals surface area contributed by atoms with Crippen molar-refractivity contribution in [2.24, 2.45) is 0 Å². The van der Waals surface area contributed by atoms with Crippen molar-refractivity contribution in [3.8, 4) is 0 Å². The Kier molecular flexibility index (Phi) is 4.71. The van der Waals surface area contributed by atoms with Crippen molar-refractivity contribution in [3.63, 3.8) is 0 Å². The first-order valence-electron chi connectivity index (χ1n) is 5.95. The second-order valence-corrected chi connectivity index (χ2v) is 4.39. The van der Waals surface area contributed by atoms with Crippen molar-refractivity contribution < 1.29 is 4.79 Å². The Hall–Kier alpha value is -2.12. The molecule has 1 nitrogen and oxygen atoms in total. The van der Waals surface area contributed by atoms with E-state index in [0.29, 0.717) is 0 Å². The van der Waals surface area contributed by atoms with Crippen LogP contribution in [0.1, 0.15) is 11.1 Å². The van der Waals surface area contributed by atoms with Crippen LogP contribution in [0.25, 0.3) is 11.6 Å². The van der Waals surface area contributed by atoms with Crippen molar-refractivity contribution in [3.05, 3.63) is 83.9 Å². The van der Waals surface area contributed by atoms with Crippen molar-refractivity contribution in [1.82, 2.24) is 0 Å². The van der Waals surface area contributed by atoms with Crippen LogP contribution in [0.3, 0.4) is 0 Å². The summed E-state index contributed by atoms with van der Waals surface area (Å²) >= 11 is 5.36. The molecule has 0 saturated carbocycles. The number of carbonyl (C=O) groups excluding carboxylic acids is 1. The van der Waals surface area contributed by atoms with Crippen LogP contribution in [0.5, 0.6) is 0 Å². The van der Waals surface area contributed by atoms with Crippen LogP contribution in [-0.2, 0) is 4.79 Å². The molecular formula is C17H13ClO. The molecule has 2 aromatic carbocycles. The zero-order valence-corrected chi connectivity index (χ0v) is 11.0. The van der Waals surface area contributed by atoms with Gasteiger partial charge in [-0.05, 0) is 46.5 Å². The summed E-state index contributed by atoms with van der Waals surface area (Å²) in [4.78, 5) is 10.9. The van der Waals surface area contributed by atoms with E-state index in [1.807, 2.05) is 66.7 Å². The quantitative estimate of drug-likeness (QED) is 0.344. The maximum atomic E-state index is 10.9. The van der Waals surface area contributed by atoms with Crippen LogP contribution in [-0.4, -0.2) is 5.24 Å². The van der Waals surface area contributed by atoms with Gasteiger partial charge in [0.2, 0.25) is 5.24 Å². The third-order valence-electron chi connectivity index (χ3n) is 2.62. The van der Waals surface area contributed by atoms with Crippen LogP contribution in [0.4, 0.5) is 0 Å². The molecule has 0 amide bonds. The zero-order valence-electron chi connectivity index (χ0n) is 10.3. The molecule has 0 heterocycles. The predicted octanol–water partition coefficient (Wildman–Crippen LogP) is 4.55. The summed E-state index contributed by atoms with van der Waals surface area (Å²) < 4.78 is 0. The number of hydrogen-bond acceptors (Lipinski definition) is 1. The third kappa shape index (κ3) is 4.23. The molecule has 0 saturated heterocycles.